The zero-order valence-electron chi connectivity index (χ0n) is 10.00. The van der Waals surface area contributed by atoms with Crippen molar-refractivity contribution in [3.63, 3.8) is 0 Å². The van der Waals surface area contributed by atoms with Gasteiger partial charge in [0.25, 0.3) is 0 Å². The van der Waals surface area contributed by atoms with Crippen molar-refractivity contribution in [1.82, 2.24) is 0 Å². The standard InChI is InChI=1S/C14H15N2O/c1-16-11-7-6-10-13(16)14(15-17-2)12-8-4-3-5-9-12/h3-11H,1-2H3/q+1/b15-14+. The van der Waals surface area contributed by atoms with E-state index in [0.29, 0.717) is 0 Å². The van der Waals surface area contributed by atoms with E-state index in [2.05, 4.69) is 5.16 Å². The first-order valence-electron chi connectivity index (χ1n) is 5.44. The molecule has 0 amide bonds. The van der Waals surface area contributed by atoms with E-state index in [4.69, 9.17) is 4.84 Å². The minimum Gasteiger partial charge on any atom is -0.398 e. The van der Waals surface area contributed by atoms with Crippen LogP contribution in [0.2, 0.25) is 0 Å². The van der Waals surface area contributed by atoms with Crippen molar-refractivity contribution < 1.29 is 9.40 Å². The molecule has 2 rings (SSSR count). The van der Waals surface area contributed by atoms with Gasteiger partial charge in [-0.2, -0.15) is 4.57 Å². The molecule has 2 aromatic rings. The number of hydrogen-bond donors (Lipinski definition) is 0. The summed E-state index contributed by atoms with van der Waals surface area (Å²) in [7, 11) is 3.55. The minimum atomic E-state index is 0.830. The predicted octanol–water partition coefficient (Wildman–Crippen LogP) is 1.91. The molecule has 0 aliphatic carbocycles. The number of benzene rings is 1. The Bertz CT molecular complexity index is 521. The molecular formula is C14H15N2O+. The molecule has 0 fully saturated rings. The molecule has 0 saturated heterocycles. The number of aromatic nitrogens is 1. The maximum absolute atomic E-state index is 4.94. The maximum Gasteiger partial charge on any atom is 0.234 e. The van der Waals surface area contributed by atoms with Crippen LogP contribution in [0.4, 0.5) is 0 Å². The van der Waals surface area contributed by atoms with Gasteiger partial charge in [-0.05, 0) is 6.07 Å². The molecule has 1 aromatic heterocycles. The molecule has 3 heteroatoms. The van der Waals surface area contributed by atoms with Crippen LogP contribution in [0.5, 0.6) is 0 Å². The first kappa shape index (κ1) is 11.3. The summed E-state index contributed by atoms with van der Waals surface area (Å²) in [6.07, 6.45) is 1.99. The monoisotopic (exact) mass is 227 g/mol. The van der Waals surface area contributed by atoms with Crippen molar-refractivity contribution in [1.29, 1.82) is 0 Å². The van der Waals surface area contributed by atoms with E-state index in [-0.39, 0.29) is 0 Å². The van der Waals surface area contributed by atoms with Crippen LogP contribution in [-0.2, 0) is 11.9 Å². The van der Waals surface area contributed by atoms with Gasteiger partial charge in [0.1, 0.15) is 14.2 Å². The fourth-order valence-electron chi connectivity index (χ4n) is 1.70. The number of nitrogens with zero attached hydrogens (tertiary/aromatic N) is 2. The average molecular weight is 227 g/mol. The topological polar surface area (TPSA) is 25.5 Å². The highest BCUT2D eigenvalue weighted by molar-refractivity contribution is 6.10. The van der Waals surface area contributed by atoms with Crippen LogP contribution < -0.4 is 4.57 Å². The summed E-state index contributed by atoms with van der Waals surface area (Å²) in [6.45, 7) is 0. The quantitative estimate of drug-likeness (QED) is 0.447. The van der Waals surface area contributed by atoms with E-state index < -0.39 is 0 Å². The zero-order valence-corrected chi connectivity index (χ0v) is 10.00. The normalized spacial score (nSPS) is 11.3. The largest absolute Gasteiger partial charge is 0.398 e. The van der Waals surface area contributed by atoms with Crippen LogP contribution in [0.15, 0.2) is 59.9 Å². The van der Waals surface area contributed by atoms with Gasteiger partial charge in [0.2, 0.25) is 5.69 Å². The Morgan fingerprint density at radius 1 is 1.06 bits per heavy atom. The number of oxime groups is 1. The van der Waals surface area contributed by atoms with Crippen molar-refractivity contribution in [2.75, 3.05) is 7.11 Å². The second-order valence-electron chi connectivity index (χ2n) is 3.69. The molecule has 0 unspecified atom stereocenters. The van der Waals surface area contributed by atoms with Crippen molar-refractivity contribution in [3.8, 4) is 0 Å². The number of hydrogen-bond acceptors (Lipinski definition) is 2. The van der Waals surface area contributed by atoms with E-state index >= 15 is 0 Å². The molecule has 0 atom stereocenters. The van der Waals surface area contributed by atoms with E-state index in [9.17, 15) is 0 Å². The lowest BCUT2D eigenvalue weighted by molar-refractivity contribution is -0.672. The van der Waals surface area contributed by atoms with Crippen LogP contribution in [0, 0.1) is 0 Å². The first-order chi connectivity index (χ1) is 8.33. The van der Waals surface area contributed by atoms with Crippen LogP contribution in [0.1, 0.15) is 11.3 Å². The minimum absolute atomic E-state index is 0.830. The highest BCUT2D eigenvalue weighted by atomic mass is 16.6. The summed E-state index contributed by atoms with van der Waals surface area (Å²) in [5.41, 5.74) is 2.88. The summed E-state index contributed by atoms with van der Waals surface area (Å²) in [5.74, 6) is 0. The first-order valence-corrected chi connectivity index (χ1v) is 5.44. The Hall–Kier alpha value is -2.16. The molecule has 0 bridgehead atoms. The molecule has 0 aliphatic rings. The highest BCUT2D eigenvalue weighted by Gasteiger charge is 2.16. The van der Waals surface area contributed by atoms with Gasteiger partial charge in [-0.3, -0.25) is 0 Å². The van der Waals surface area contributed by atoms with Gasteiger partial charge >= 0.3 is 0 Å². The Morgan fingerprint density at radius 3 is 2.41 bits per heavy atom. The second kappa shape index (κ2) is 5.25. The fraction of sp³-hybridized carbons (Fsp3) is 0.143. The van der Waals surface area contributed by atoms with Crippen LogP contribution in [-0.4, -0.2) is 12.8 Å². The SMILES string of the molecule is CO/N=C(\c1ccccc1)c1cccc[n+]1C. The maximum atomic E-state index is 4.94. The summed E-state index contributed by atoms with van der Waals surface area (Å²) >= 11 is 0. The summed E-state index contributed by atoms with van der Waals surface area (Å²) in [6, 6.07) is 16.0. The number of rotatable bonds is 3. The van der Waals surface area contributed by atoms with Gasteiger partial charge in [-0.1, -0.05) is 35.5 Å². The number of pyridine rings is 1. The molecule has 3 nitrogen and oxygen atoms in total. The van der Waals surface area contributed by atoms with Crippen molar-refractivity contribution in [3.05, 3.63) is 66.0 Å². The number of aryl methyl sites for hydroxylation is 1. The molecule has 1 aromatic carbocycles. The molecule has 17 heavy (non-hydrogen) atoms. The fourth-order valence-corrected chi connectivity index (χ4v) is 1.70. The molecule has 0 radical (unpaired) electrons. The van der Waals surface area contributed by atoms with Gasteiger partial charge in [0.15, 0.2) is 11.9 Å². The van der Waals surface area contributed by atoms with E-state index in [1.165, 1.54) is 0 Å². The average Bonchev–Trinajstić information content (AvgIpc) is 2.38. The highest BCUT2D eigenvalue weighted by Crippen LogP contribution is 2.07. The molecule has 1 heterocycles. The van der Waals surface area contributed by atoms with Crippen LogP contribution in [0.3, 0.4) is 0 Å². The molecule has 86 valence electrons. The van der Waals surface area contributed by atoms with Gasteiger partial charge in [-0.15, -0.1) is 0 Å². The summed E-state index contributed by atoms with van der Waals surface area (Å²) < 4.78 is 2.02. The van der Waals surface area contributed by atoms with Gasteiger partial charge in [0, 0.05) is 17.7 Å². The summed E-state index contributed by atoms with van der Waals surface area (Å²) in [5, 5.41) is 4.12. The molecule has 0 spiro atoms. The van der Waals surface area contributed by atoms with Gasteiger partial charge in [-0.25, -0.2) is 0 Å². The Balaban J connectivity index is 2.52. The van der Waals surface area contributed by atoms with Gasteiger partial charge in [0.05, 0.1) is 0 Å². The van der Waals surface area contributed by atoms with Gasteiger partial charge < -0.3 is 4.84 Å². The van der Waals surface area contributed by atoms with Crippen molar-refractivity contribution in [2.45, 2.75) is 0 Å². The molecule has 0 aliphatic heterocycles. The molecular weight excluding hydrogens is 212 g/mol. The Kier molecular flexibility index (Phi) is 3.50. The summed E-state index contributed by atoms with van der Waals surface area (Å²) in [4.78, 5) is 4.94. The van der Waals surface area contributed by atoms with E-state index in [0.717, 1.165) is 17.0 Å². The van der Waals surface area contributed by atoms with Crippen molar-refractivity contribution >= 4 is 5.71 Å². The van der Waals surface area contributed by atoms with Crippen LogP contribution in [0.25, 0.3) is 0 Å². The third kappa shape index (κ3) is 2.50. The third-order valence-electron chi connectivity index (χ3n) is 2.53. The predicted molar refractivity (Wildman–Crippen MR) is 66.7 cm³/mol. The Morgan fingerprint density at radius 2 is 1.76 bits per heavy atom. The smallest absolute Gasteiger partial charge is 0.234 e. The van der Waals surface area contributed by atoms with Crippen molar-refractivity contribution in [2.24, 2.45) is 12.2 Å². The lowest BCUT2D eigenvalue weighted by Crippen LogP contribution is -2.36. The third-order valence-corrected chi connectivity index (χ3v) is 2.53. The second-order valence-corrected chi connectivity index (χ2v) is 3.69. The van der Waals surface area contributed by atoms with Crippen LogP contribution >= 0.6 is 0 Å². The lowest BCUT2D eigenvalue weighted by Gasteiger charge is -2.03. The zero-order chi connectivity index (χ0) is 12.1. The molecule has 0 N–H and O–H groups in total. The van der Waals surface area contributed by atoms with E-state index in [1.807, 2.05) is 66.3 Å². The van der Waals surface area contributed by atoms with E-state index in [1.54, 1.807) is 7.11 Å². The lowest BCUT2D eigenvalue weighted by atomic mass is 10.1. The molecule has 0 saturated carbocycles. The Labute approximate surface area is 101 Å².